The predicted molar refractivity (Wildman–Crippen MR) is 97.7 cm³/mol. The summed E-state index contributed by atoms with van der Waals surface area (Å²) in [6.45, 7) is 4.25. The molecule has 0 aromatic rings. The zero-order valence-electron chi connectivity index (χ0n) is 17.3. The molecule has 0 aromatic carbocycles. The van der Waals surface area contributed by atoms with Crippen molar-refractivity contribution >= 4 is 20.1 Å². The van der Waals surface area contributed by atoms with Gasteiger partial charge in [-0.25, -0.2) is 27.6 Å². The number of halogens is 1. The molecule has 0 aliphatic heterocycles. The number of phosphoric ester groups is 1. The van der Waals surface area contributed by atoms with Crippen molar-refractivity contribution in [1.29, 1.82) is 0 Å². The smallest absolute Gasteiger partial charge is 0.432 e. The molecular weight excluding hydrogens is 434 g/mol. The van der Waals surface area contributed by atoms with E-state index in [0.717, 1.165) is 6.08 Å². The minimum Gasteiger partial charge on any atom is -0.432 e. The van der Waals surface area contributed by atoms with Gasteiger partial charge in [0.2, 0.25) is 13.6 Å². The average Bonchev–Trinajstić information content (AvgIpc) is 2.59. The number of carbonyl (C=O) groups is 2. The number of carbonyl (C=O) groups excluding carboxylic acids is 2. The average molecular weight is 462 g/mol. The predicted octanol–water partition coefficient (Wildman–Crippen LogP) is 2.78. The van der Waals surface area contributed by atoms with E-state index < -0.39 is 64.5 Å². The van der Waals surface area contributed by atoms with Crippen molar-refractivity contribution in [3.63, 3.8) is 0 Å². The molecule has 30 heavy (non-hydrogen) atoms. The van der Waals surface area contributed by atoms with Gasteiger partial charge in [-0.2, -0.15) is 0 Å². The summed E-state index contributed by atoms with van der Waals surface area (Å²) in [7, 11) is -4.76. The van der Waals surface area contributed by atoms with E-state index in [1.807, 2.05) is 0 Å². The van der Waals surface area contributed by atoms with Crippen LogP contribution in [0.4, 0.5) is 14.0 Å². The Kier molecular flexibility index (Phi) is 12.7. The van der Waals surface area contributed by atoms with Crippen LogP contribution in [0, 0.1) is 0 Å². The maximum atomic E-state index is 14.1. The first-order valence-electron chi connectivity index (χ1n) is 8.74. The van der Waals surface area contributed by atoms with Gasteiger partial charge in [-0.15, -0.1) is 0 Å². The van der Waals surface area contributed by atoms with E-state index in [0.29, 0.717) is 0 Å². The highest BCUT2D eigenvalue weighted by Crippen LogP contribution is 2.50. The molecule has 2 N–H and O–H groups in total. The molecule has 0 saturated heterocycles. The first kappa shape index (κ1) is 28.2. The van der Waals surface area contributed by atoms with Crippen molar-refractivity contribution in [3.8, 4) is 0 Å². The number of hydrogen-bond acceptors (Lipinski definition) is 12. The highest BCUT2D eigenvalue weighted by molar-refractivity contribution is 7.48. The number of allylic oxidation sites excluding steroid dienone is 1. The van der Waals surface area contributed by atoms with E-state index in [4.69, 9.17) is 0 Å². The van der Waals surface area contributed by atoms with Gasteiger partial charge in [0.05, 0.1) is 12.2 Å². The summed E-state index contributed by atoms with van der Waals surface area (Å²) < 4.78 is 58.8. The molecule has 0 saturated carbocycles. The van der Waals surface area contributed by atoms with Crippen molar-refractivity contribution in [1.82, 2.24) is 0 Å². The summed E-state index contributed by atoms with van der Waals surface area (Å²) in [6, 6.07) is 0. The molecule has 0 rings (SSSR count). The lowest BCUT2D eigenvalue weighted by atomic mass is 10.2. The molecule has 176 valence electrons. The van der Waals surface area contributed by atoms with Crippen LogP contribution in [0.15, 0.2) is 12.2 Å². The van der Waals surface area contributed by atoms with Crippen LogP contribution >= 0.6 is 7.82 Å². The Hall–Kier alpha value is -1.76. The topological polar surface area (TPSA) is 156 Å². The van der Waals surface area contributed by atoms with Gasteiger partial charge in [0.25, 0.3) is 5.85 Å². The first-order valence-corrected chi connectivity index (χ1v) is 10.2. The molecule has 14 heteroatoms. The Morgan fingerprint density at radius 1 is 1.00 bits per heavy atom. The summed E-state index contributed by atoms with van der Waals surface area (Å²) >= 11 is 0. The van der Waals surface area contributed by atoms with Crippen LogP contribution in [0.1, 0.15) is 34.6 Å². The van der Waals surface area contributed by atoms with Gasteiger partial charge in [0.15, 0.2) is 0 Å². The number of ether oxygens (including phenoxy) is 4. The number of phosphoric acid groups is 1. The highest BCUT2D eigenvalue weighted by atomic mass is 31.2. The Bertz CT molecular complexity index is 575. The Morgan fingerprint density at radius 3 is 1.80 bits per heavy atom. The van der Waals surface area contributed by atoms with Crippen LogP contribution in [0.25, 0.3) is 0 Å². The van der Waals surface area contributed by atoms with E-state index >= 15 is 0 Å². The van der Waals surface area contributed by atoms with E-state index in [1.165, 1.54) is 13.0 Å². The fourth-order valence-corrected chi connectivity index (χ4v) is 2.35. The SMILES string of the molecule is CC=C[C@H](O)[C@@](O)(F)COP(=O)(OCOC(=O)OC(C)C)OCOC(=O)OC(C)C. The number of aliphatic hydroxyl groups is 2. The number of hydrogen-bond donors (Lipinski definition) is 2. The lowest BCUT2D eigenvalue weighted by molar-refractivity contribution is -0.177. The Balaban J connectivity index is 4.94. The third-order valence-electron chi connectivity index (χ3n) is 2.69. The second-order valence-corrected chi connectivity index (χ2v) is 7.79. The van der Waals surface area contributed by atoms with Crippen molar-refractivity contribution in [3.05, 3.63) is 12.2 Å². The fraction of sp³-hybridized carbons (Fsp3) is 0.750. The molecule has 0 unspecified atom stereocenters. The van der Waals surface area contributed by atoms with Crippen LogP contribution in [0.5, 0.6) is 0 Å². The third-order valence-corrected chi connectivity index (χ3v) is 3.98. The quantitative estimate of drug-likeness (QED) is 0.179. The van der Waals surface area contributed by atoms with Crippen LogP contribution < -0.4 is 0 Å². The molecule has 0 amide bonds. The van der Waals surface area contributed by atoms with Crippen molar-refractivity contribution in [2.45, 2.75) is 58.8 Å². The second kappa shape index (κ2) is 13.5. The van der Waals surface area contributed by atoms with Gasteiger partial charge in [0, 0.05) is 0 Å². The molecule has 0 aliphatic rings. The van der Waals surface area contributed by atoms with E-state index in [2.05, 4.69) is 32.5 Å². The normalized spacial score (nSPS) is 15.1. The molecule has 0 bridgehead atoms. The molecule has 0 aromatic heterocycles. The molecule has 0 fully saturated rings. The molecule has 0 spiro atoms. The van der Waals surface area contributed by atoms with Gasteiger partial charge >= 0.3 is 20.1 Å². The first-order chi connectivity index (χ1) is 13.8. The lowest BCUT2D eigenvalue weighted by Gasteiger charge is -2.25. The lowest BCUT2D eigenvalue weighted by Crippen LogP contribution is -2.41. The van der Waals surface area contributed by atoms with Gasteiger partial charge in [0.1, 0.15) is 12.7 Å². The van der Waals surface area contributed by atoms with Gasteiger partial charge < -0.3 is 29.2 Å². The summed E-state index contributed by atoms with van der Waals surface area (Å²) in [5.41, 5.74) is 0. The fourth-order valence-electron chi connectivity index (χ4n) is 1.43. The highest BCUT2D eigenvalue weighted by Gasteiger charge is 2.39. The Labute approximate surface area is 173 Å². The Morgan fingerprint density at radius 2 is 1.43 bits per heavy atom. The molecule has 2 atom stereocenters. The van der Waals surface area contributed by atoms with Crippen LogP contribution in [0.3, 0.4) is 0 Å². The second-order valence-electron chi connectivity index (χ2n) is 6.13. The monoisotopic (exact) mass is 462 g/mol. The van der Waals surface area contributed by atoms with Gasteiger partial charge in [-0.3, -0.25) is 4.52 Å². The molecule has 0 heterocycles. The molecule has 12 nitrogen and oxygen atoms in total. The van der Waals surface area contributed by atoms with Crippen molar-refractivity contribution in [2.24, 2.45) is 0 Å². The summed E-state index contributed by atoms with van der Waals surface area (Å²) in [6.07, 6.45) is -3.21. The van der Waals surface area contributed by atoms with Crippen LogP contribution in [-0.2, 0) is 37.1 Å². The van der Waals surface area contributed by atoms with E-state index in [-0.39, 0.29) is 0 Å². The maximum Gasteiger partial charge on any atom is 0.510 e. The van der Waals surface area contributed by atoms with Crippen LogP contribution in [-0.4, -0.2) is 66.9 Å². The van der Waals surface area contributed by atoms with Gasteiger partial charge in [-0.1, -0.05) is 12.2 Å². The van der Waals surface area contributed by atoms with Crippen molar-refractivity contribution < 1.29 is 61.3 Å². The number of aliphatic hydroxyl groups excluding tert-OH is 1. The third kappa shape index (κ3) is 12.7. The largest absolute Gasteiger partial charge is 0.510 e. The summed E-state index contributed by atoms with van der Waals surface area (Å²) in [4.78, 5) is 22.6. The number of rotatable bonds is 13. The standard InChI is InChI=1S/C16H28FO12P/c1-6-7-13(18)16(17,21)8-25-30(22,26-9-23-14(19)28-11(2)3)27-10-24-15(20)29-12(4)5/h6-7,11-13,18,21H,8-10H2,1-5H3/t13-,16+/m0/s1. The summed E-state index contributed by atoms with van der Waals surface area (Å²) in [5, 5.41) is 19.1. The molecule has 0 aliphatic carbocycles. The zero-order valence-corrected chi connectivity index (χ0v) is 18.2. The molecule has 0 radical (unpaired) electrons. The van der Waals surface area contributed by atoms with Crippen LogP contribution in [0.2, 0.25) is 0 Å². The number of alkyl halides is 1. The molecular formula is C16H28FO12P. The minimum absolute atomic E-state index is 0.508. The maximum absolute atomic E-state index is 14.1. The summed E-state index contributed by atoms with van der Waals surface area (Å²) in [5.74, 6) is -3.37. The van der Waals surface area contributed by atoms with Gasteiger partial charge in [-0.05, 0) is 34.6 Å². The van der Waals surface area contributed by atoms with E-state index in [1.54, 1.807) is 27.7 Å². The van der Waals surface area contributed by atoms with Crippen molar-refractivity contribution in [2.75, 3.05) is 20.2 Å². The zero-order chi connectivity index (χ0) is 23.4. The van der Waals surface area contributed by atoms with E-state index in [9.17, 15) is 28.8 Å². The minimum atomic E-state index is -4.76.